The smallest absolute Gasteiger partial charge is 0.326 e. The van der Waals surface area contributed by atoms with Gasteiger partial charge in [-0.2, -0.15) is 13.2 Å². The van der Waals surface area contributed by atoms with Crippen molar-refractivity contribution >= 4 is 11.3 Å². The molecule has 0 aliphatic rings. The maximum Gasteiger partial charge on any atom is 0.417 e. The van der Waals surface area contributed by atoms with Crippen molar-refractivity contribution in [1.29, 1.82) is 0 Å². The number of alkyl halides is 3. The molecule has 2 N–H and O–H groups in total. The summed E-state index contributed by atoms with van der Waals surface area (Å²) in [6.45, 7) is 0.209. The number of rotatable bonds is 2. The van der Waals surface area contributed by atoms with Crippen LogP contribution in [0.5, 0.6) is 0 Å². The summed E-state index contributed by atoms with van der Waals surface area (Å²) >= 11 is 1.06. The van der Waals surface area contributed by atoms with E-state index >= 15 is 0 Å². The summed E-state index contributed by atoms with van der Waals surface area (Å²) < 4.78 is 51.3. The Morgan fingerprint density at radius 1 is 1.28 bits per heavy atom. The third-order valence-corrected chi connectivity index (χ3v) is 3.33. The molecule has 1 aromatic carbocycles. The third kappa shape index (κ3) is 2.51. The highest BCUT2D eigenvalue weighted by atomic mass is 32.1. The predicted octanol–water partition coefficient (Wildman–Crippen LogP) is 3.43. The van der Waals surface area contributed by atoms with Gasteiger partial charge in [0.2, 0.25) is 0 Å². The maximum absolute atomic E-state index is 12.9. The standard InChI is InChI=1S/C11H8F4N2S/c12-6-1-2-8(9(3-6)11(13,14)15)10-17-5-7(4-16)18-10/h1-3,5H,4,16H2. The Balaban J connectivity index is 2.56. The first-order valence-corrected chi connectivity index (χ1v) is 5.75. The zero-order chi connectivity index (χ0) is 13.3. The van der Waals surface area contributed by atoms with E-state index in [1.807, 2.05) is 0 Å². The summed E-state index contributed by atoms with van der Waals surface area (Å²) in [5.74, 6) is -0.929. The molecule has 96 valence electrons. The maximum atomic E-state index is 12.9. The quantitative estimate of drug-likeness (QED) is 0.853. The summed E-state index contributed by atoms with van der Waals surface area (Å²) in [5.41, 5.74) is 4.22. The van der Waals surface area contributed by atoms with Crippen LogP contribution in [0.3, 0.4) is 0 Å². The number of benzene rings is 1. The van der Waals surface area contributed by atoms with Gasteiger partial charge >= 0.3 is 6.18 Å². The molecule has 0 unspecified atom stereocenters. The molecule has 0 spiro atoms. The topological polar surface area (TPSA) is 38.9 Å². The molecule has 1 aromatic heterocycles. The Labute approximate surface area is 104 Å². The molecular formula is C11H8F4N2S. The molecule has 2 nitrogen and oxygen atoms in total. The second kappa shape index (κ2) is 4.66. The molecular weight excluding hydrogens is 268 g/mol. The number of aromatic nitrogens is 1. The van der Waals surface area contributed by atoms with E-state index in [4.69, 9.17) is 5.73 Å². The Kier molecular flexibility index (Phi) is 3.36. The number of halogens is 4. The summed E-state index contributed by atoms with van der Waals surface area (Å²) in [6, 6.07) is 2.53. The third-order valence-electron chi connectivity index (χ3n) is 2.27. The molecule has 0 aliphatic heterocycles. The fourth-order valence-corrected chi connectivity index (χ4v) is 2.29. The molecule has 0 bridgehead atoms. The van der Waals surface area contributed by atoms with E-state index in [-0.39, 0.29) is 17.1 Å². The average Bonchev–Trinajstić information content (AvgIpc) is 2.76. The first kappa shape index (κ1) is 13.0. The number of thiazole rings is 1. The van der Waals surface area contributed by atoms with Crippen molar-refractivity contribution in [2.24, 2.45) is 5.73 Å². The molecule has 0 atom stereocenters. The number of hydrogen-bond acceptors (Lipinski definition) is 3. The molecule has 0 aliphatic carbocycles. The molecule has 18 heavy (non-hydrogen) atoms. The highest BCUT2D eigenvalue weighted by molar-refractivity contribution is 7.15. The predicted molar refractivity (Wildman–Crippen MR) is 60.4 cm³/mol. The van der Waals surface area contributed by atoms with Crippen LogP contribution in [0.4, 0.5) is 17.6 Å². The van der Waals surface area contributed by atoms with Crippen LogP contribution in [0, 0.1) is 5.82 Å². The van der Waals surface area contributed by atoms with Crippen LogP contribution in [-0.2, 0) is 12.7 Å². The van der Waals surface area contributed by atoms with Gasteiger partial charge in [-0.3, -0.25) is 0 Å². The largest absolute Gasteiger partial charge is 0.417 e. The van der Waals surface area contributed by atoms with Gasteiger partial charge in [-0.25, -0.2) is 9.37 Å². The lowest BCUT2D eigenvalue weighted by atomic mass is 10.1. The van der Waals surface area contributed by atoms with Crippen molar-refractivity contribution in [2.75, 3.05) is 0 Å². The van der Waals surface area contributed by atoms with Crippen molar-refractivity contribution in [1.82, 2.24) is 4.98 Å². The van der Waals surface area contributed by atoms with Gasteiger partial charge in [-0.05, 0) is 18.2 Å². The van der Waals surface area contributed by atoms with Crippen LogP contribution in [0.2, 0.25) is 0 Å². The van der Waals surface area contributed by atoms with Gasteiger partial charge in [-0.1, -0.05) is 0 Å². The van der Waals surface area contributed by atoms with Gasteiger partial charge in [0.05, 0.1) is 5.56 Å². The average molecular weight is 276 g/mol. The van der Waals surface area contributed by atoms with E-state index in [1.165, 1.54) is 6.20 Å². The van der Waals surface area contributed by atoms with E-state index in [0.717, 1.165) is 23.5 Å². The van der Waals surface area contributed by atoms with Crippen molar-refractivity contribution in [3.63, 3.8) is 0 Å². The minimum atomic E-state index is -4.62. The first-order chi connectivity index (χ1) is 8.41. The second-order valence-electron chi connectivity index (χ2n) is 3.52. The Morgan fingerprint density at radius 2 is 2.00 bits per heavy atom. The van der Waals surface area contributed by atoms with Crippen LogP contribution in [0.25, 0.3) is 10.6 Å². The van der Waals surface area contributed by atoms with Crippen LogP contribution >= 0.6 is 11.3 Å². The fourth-order valence-electron chi connectivity index (χ4n) is 1.46. The molecule has 0 amide bonds. The summed E-state index contributed by atoms with van der Waals surface area (Å²) in [5, 5.41) is 0.183. The SMILES string of the molecule is NCc1cnc(-c2ccc(F)cc2C(F)(F)F)s1. The van der Waals surface area contributed by atoms with Crippen LogP contribution < -0.4 is 5.73 Å². The van der Waals surface area contributed by atoms with Gasteiger partial charge in [0.25, 0.3) is 0 Å². The number of hydrogen-bond donors (Lipinski definition) is 1. The molecule has 0 radical (unpaired) electrons. The summed E-state index contributed by atoms with van der Waals surface area (Å²) in [7, 11) is 0. The van der Waals surface area contributed by atoms with Crippen molar-refractivity contribution in [3.8, 4) is 10.6 Å². The molecule has 0 fully saturated rings. The lowest BCUT2D eigenvalue weighted by molar-refractivity contribution is -0.137. The molecule has 2 rings (SSSR count). The highest BCUT2D eigenvalue weighted by Crippen LogP contribution is 2.38. The van der Waals surface area contributed by atoms with E-state index in [9.17, 15) is 17.6 Å². The van der Waals surface area contributed by atoms with E-state index < -0.39 is 17.6 Å². The Hall–Kier alpha value is -1.47. The van der Waals surface area contributed by atoms with Crippen molar-refractivity contribution < 1.29 is 17.6 Å². The molecule has 0 saturated carbocycles. The van der Waals surface area contributed by atoms with Gasteiger partial charge in [0, 0.05) is 23.2 Å². The monoisotopic (exact) mass is 276 g/mol. The zero-order valence-electron chi connectivity index (χ0n) is 8.96. The van der Waals surface area contributed by atoms with Crippen molar-refractivity contribution in [2.45, 2.75) is 12.7 Å². The van der Waals surface area contributed by atoms with Gasteiger partial charge in [0.1, 0.15) is 10.8 Å². The minimum Gasteiger partial charge on any atom is -0.326 e. The molecule has 7 heteroatoms. The van der Waals surface area contributed by atoms with Crippen LogP contribution in [0.1, 0.15) is 10.4 Å². The van der Waals surface area contributed by atoms with Gasteiger partial charge in [0.15, 0.2) is 0 Å². The van der Waals surface area contributed by atoms with E-state index in [0.29, 0.717) is 10.9 Å². The van der Waals surface area contributed by atoms with Gasteiger partial charge < -0.3 is 5.73 Å². The fraction of sp³-hybridized carbons (Fsp3) is 0.182. The summed E-state index contributed by atoms with van der Waals surface area (Å²) in [4.78, 5) is 4.55. The van der Waals surface area contributed by atoms with E-state index in [2.05, 4.69) is 4.98 Å². The molecule has 1 heterocycles. The number of nitrogens with zero attached hydrogens (tertiary/aromatic N) is 1. The minimum absolute atomic E-state index is 0.131. The molecule has 2 aromatic rings. The van der Waals surface area contributed by atoms with Crippen LogP contribution in [-0.4, -0.2) is 4.98 Å². The van der Waals surface area contributed by atoms with E-state index in [1.54, 1.807) is 0 Å². The first-order valence-electron chi connectivity index (χ1n) is 4.93. The lowest BCUT2D eigenvalue weighted by Crippen LogP contribution is -2.07. The van der Waals surface area contributed by atoms with Gasteiger partial charge in [-0.15, -0.1) is 11.3 Å². The second-order valence-corrected chi connectivity index (χ2v) is 4.64. The normalized spacial score (nSPS) is 11.8. The Bertz CT molecular complexity index is 562. The molecule has 0 saturated heterocycles. The highest BCUT2D eigenvalue weighted by Gasteiger charge is 2.34. The summed E-state index contributed by atoms with van der Waals surface area (Å²) in [6.07, 6.45) is -3.20. The number of nitrogens with two attached hydrogens (primary N) is 1. The van der Waals surface area contributed by atoms with Crippen molar-refractivity contribution in [3.05, 3.63) is 40.7 Å². The van der Waals surface area contributed by atoms with Crippen LogP contribution in [0.15, 0.2) is 24.4 Å². The Morgan fingerprint density at radius 3 is 2.56 bits per heavy atom. The zero-order valence-corrected chi connectivity index (χ0v) is 9.78. The lowest BCUT2D eigenvalue weighted by Gasteiger charge is -2.10.